The van der Waals surface area contributed by atoms with Gasteiger partial charge in [0.25, 0.3) is 10.2 Å². The fraction of sp³-hybridized carbons (Fsp3) is 0.538. The van der Waals surface area contributed by atoms with Crippen LogP contribution in [-0.4, -0.2) is 54.4 Å². The molecule has 2 atom stereocenters. The van der Waals surface area contributed by atoms with Gasteiger partial charge in [-0.15, -0.1) is 12.4 Å². The van der Waals surface area contributed by atoms with Crippen LogP contribution < -0.4 is 5.73 Å². The number of aliphatic hydroxyl groups excluding tert-OH is 1. The van der Waals surface area contributed by atoms with Crippen LogP contribution in [0, 0.1) is 0 Å². The summed E-state index contributed by atoms with van der Waals surface area (Å²) in [6, 6.07) is 9.06. The number of benzene rings is 1. The van der Waals surface area contributed by atoms with E-state index >= 15 is 0 Å². The van der Waals surface area contributed by atoms with Crippen molar-refractivity contribution >= 4 is 22.6 Å². The highest BCUT2D eigenvalue weighted by atomic mass is 35.5. The molecule has 2 rings (SSSR count). The van der Waals surface area contributed by atoms with Gasteiger partial charge in [-0.2, -0.15) is 17.0 Å². The van der Waals surface area contributed by atoms with E-state index in [0.717, 1.165) is 5.56 Å². The summed E-state index contributed by atoms with van der Waals surface area (Å²) in [6.07, 6.45) is -0.257. The van der Waals surface area contributed by atoms with E-state index in [-0.39, 0.29) is 31.5 Å². The van der Waals surface area contributed by atoms with Crippen LogP contribution in [0.1, 0.15) is 12.0 Å². The summed E-state index contributed by atoms with van der Waals surface area (Å²) in [6.45, 7) is 0.651. The molecule has 0 aliphatic carbocycles. The van der Waals surface area contributed by atoms with Gasteiger partial charge >= 0.3 is 0 Å². The van der Waals surface area contributed by atoms with Crippen molar-refractivity contribution in [2.75, 3.05) is 20.1 Å². The van der Waals surface area contributed by atoms with E-state index in [1.165, 1.54) is 15.7 Å². The molecule has 21 heavy (non-hydrogen) atoms. The zero-order valence-electron chi connectivity index (χ0n) is 11.9. The summed E-state index contributed by atoms with van der Waals surface area (Å²) >= 11 is 0. The highest BCUT2D eigenvalue weighted by Gasteiger charge is 2.34. The van der Waals surface area contributed by atoms with Gasteiger partial charge in [-0.25, -0.2) is 0 Å². The number of rotatable bonds is 4. The minimum absolute atomic E-state index is 0. The Morgan fingerprint density at radius 3 is 2.52 bits per heavy atom. The Hall–Kier alpha value is -0.700. The largest absolute Gasteiger partial charge is 0.392 e. The number of halogens is 1. The third kappa shape index (κ3) is 4.64. The summed E-state index contributed by atoms with van der Waals surface area (Å²) in [5, 5.41) is 9.68. The molecule has 0 aromatic heterocycles. The van der Waals surface area contributed by atoms with Gasteiger partial charge in [0.2, 0.25) is 0 Å². The molecular formula is C13H22ClN3O3S. The number of hydrogen-bond acceptors (Lipinski definition) is 4. The molecular weight excluding hydrogens is 314 g/mol. The standard InChI is InChI=1S/C13H21N3O3S.ClH/c1-15(8-11-5-3-2-4-6-11)20(18,19)16-9-12(14)7-13(17)10-16;/h2-6,12-13,17H,7-10,14H2,1H3;1H/t12-,13+;/m0./s1. The zero-order chi connectivity index (χ0) is 14.8. The molecule has 0 unspecified atom stereocenters. The van der Waals surface area contributed by atoms with E-state index in [1.807, 2.05) is 30.3 Å². The lowest BCUT2D eigenvalue weighted by molar-refractivity contribution is 0.0945. The van der Waals surface area contributed by atoms with Gasteiger partial charge in [-0.05, 0) is 12.0 Å². The average Bonchev–Trinajstić information content (AvgIpc) is 2.38. The van der Waals surface area contributed by atoms with Gasteiger partial charge in [0.05, 0.1) is 6.10 Å². The van der Waals surface area contributed by atoms with E-state index in [4.69, 9.17) is 5.73 Å². The van der Waals surface area contributed by atoms with E-state index < -0.39 is 16.3 Å². The third-order valence-electron chi connectivity index (χ3n) is 3.40. The van der Waals surface area contributed by atoms with E-state index in [1.54, 1.807) is 0 Å². The minimum Gasteiger partial charge on any atom is -0.392 e. The lowest BCUT2D eigenvalue weighted by Crippen LogP contribution is -2.54. The highest BCUT2D eigenvalue weighted by molar-refractivity contribution is 7.86. The molecule has 6 nitrogen and oxygen atoms in total. The van der Waals surface area contributed by atoms with Crippen molar-refractivity contribution in [1.82, 2.24) is 8.61 Å². The predicted octanol–water partition coefficient (Wildman–Crippen LogP) is 0.179. The molecule has 1 aromatic rings. The molecule has 0 bridgehead atoms. The second kappa shape index (κ2) is 7.53. The van der Waals surface area contributed by atoms with Gasteiger partial charge in [0.15, 0.2) is 0 Å². The van der Waals surface area contributed by atoms with E-state index in [9.17, 15) is 13.5 Å². The summed E-state index contributed by atoms with van der Waals surface area (Å²) in [4.78, 5) is 0. The monoisotopic (exact) mass is 335 g/mol. The van der Waals surface area contributed by atoms with Crippen LogP contribution in [0.3, 0.4) is 0 Å². The number of hydrogen-bond donors (Lipinski definition) is 2. The van der Waals surface area contributed by atoms with Crippen LogP contribution in [-0.2, 0) is 16.8 Å². The Bertz CT molecular complexity index is 531. The highest BCUT2D eigenvalue weighted by Crippen LogP contribution is 2.17. The van der Waals surface area contributed by atoms with Crippen LogP contribution >= 0.6 is 12.4 Å². The van der Waals surface area contributed by atoms with Crippen molar-refractivity contribution in [2.45, 2.75) is 25.1 Å². The number of aliphatic hydroxyl groups is 1. The van der Waals surface area contributed by atoms with Gasteiger partial charge in [0.1, 0.15) is 0 Å². The van der Waals surface area contributed by atoms with Gasteiger partial charge in [0, 0.05) is 32.7 Å². The number of nitrogens with two attached hydrogens (primary N) is 1. The van der Waals surface area contributed by atoms with Crippen molar-refractivity contribution in [3.8, 4) is 0 Å². The number of piperidine rings is 1. The Labute approximate surface area is 132 Å². The Morgan fingerprint density at radius 2 is 1.95 bits per heavy atom. The van der Waals surface area contributed by atoms with Crippen molar-refractivity contribution in [1.29, 1.82) is 0 Å². The smallest absolute Gasteiger partial charge is 0.282 e. The second-order valence-corrected chi connectivity index (χ2v) is 7.25. The van der Waals surface area contributed by atoms with Crippen LogP contribution in [0.25, 0.3) is 0 Å². The van der Waals surface area contributed by atoms with Crippen LogP contribution in [0.4, 0.5) is 0 Å². The van der Waals surface area contributed by atoms with E-state index in [0.29, 0.717) is 13.0 Å². The average molecular weight is 336 g/mol. The fourth-order valence-corrected chi connectivity index (χ4v) is 3.82. The van der Waals surface area contributed by atoms with Gasteiger partial charge in [-0.1, -0.05) is 30.3 Å². The molecule has 0 spiro atoms. The maximum atomic E-state index is 12.5. The first-order chi connectivity index (χ1) is 9.39. The zero-order valence-corrected chi connectivity index (χ0v) is 13.6. The van der Waals surface area contributed by atoms with Crippen LogP contribution in [0.15, 0.2) is 30.3 Å². The van der Waals surface area contributed by atoms with Crippen molar-refractivity contribution in [3.05, 3.63) is 35.9 Å². The molecule has 1 aliphatic heterocycles. The summed E-state index contributed by atoms with van der Waals surface area (Å²) in [5.74, 6) is 0. The maximum Gasteiger partial charge on any atom is 0.282 e. The maximum absolute atomic E-state index is 12.5. The molecule has 1 aliphatic rings. The third-order valence-corrected chi connectivity index (χ3v) is 5.26. The molecule has 1 heterocycles. The second-order valence-electron chi connectivity index (χ2n) is 5.22. The molecule has 3 N–H and O–H groups in total. The summed E-state index contributed by atoms with van der Waals surface area (Å²) < 4.78 is 27.5. The molecule has 1 aromatic carbocycles. The SMILES string of the molecule is CN(Cc1ccccc1)S(=O)(=O)N1C[C@@H](N)C[C@@H](O)C1.Cl. The Balaban J connectivity index is 0.00000220. The summed E-state index contributed by atoms with van der Waals surface area (Å²) in [5.41, 5.74) is 6.70. The molecule has 1 fully saturated rings. The van der Waals surface area contributed by atoms with Crippen LogP contribution in [0.5, 0.6) is 0 Å². The molecule has 0 amide bonds. The summed E-state index contributed by atoms with van der Waals surface area (Å²) in [7, 11) is -2.06. The van der Waals surface area contributed by atoms with Crippen molar-refractivity contribution < 1.29 is 13.5 Å². The normalized spacial score (nSPS) is 23.8. The Kier molecular flexibility index (Phi) is 6.58. The first kappa shape index (κ1) is 18.3. The van der Waals surface area contributed by atoms with Crippen LogP contribution in [0.2, 0.25) is 0 Å². The number of β-amino-alcohol motifs (C(OH)–C–C–N with tert-alkyl or cyclic N) is 1. The first-order valence-electron chi connectivity index (χ1n) is 6.58. The molecule has 0 saturated carbocycles. The van der Waals surface area contributed by atoms with Crippen molar-refractivity contribution in [2.24, 2.45) is 5.73 Å². The topological polar surface area (TPSA) is 86.9 Å². The minimum atomic E-state index is -3.60. The molecule has 8 heteroatoms. The quantitative estimate of drug-likeness (QED) is 0.821. The van der Waals surface area contributed by atoms with Gasteiger partial charge in [-0.3, -0.25) is 0 Å². The lowest BCUT2D eigenvalue weighted by Gasteiger charge is -2.35. The molecule has 120 valence electrons. The lowest BCUT2D eigenvalue weighted by atomic mass is 10.1. The van der Waals surface area contributed by atoms with Crippen molar-refractivity contribution in [3.63, 3.8) is 0 Å². The fourth-order valence-electron chi connectivity index (χ4n) is 2.38. The first-order valence-corrected chi connectivity index (χ1v) is 7.98. The van der Waals surface area contributed by atoms with E-state index in [2.05, 4.69) is 0 Å². The molecule has 1 saturated heterocycles. The molecule has 0 radical (unpaired) electrons. The van der Waals surface area contributed by atoms with Gasteiger partial charge < -0.3 is 10.8 Å². The number of nitrogens with zero attached hydrogens (tertiary/aromatic N) is 2. The Morgan fingerprint density at radius 1 is 1.33 bits per heavy atom. The predicted molar refractivity (Wildman–Crippen MR) is 84.2 cm³/mol.